The second kappa shape index (κ2) is 8.70. The molecule has 19 heavy (non-hydrogen) atoms. The van der Waals surface area contributed by atoms with Crippen molar-refractivity contribution in [1.29, 1.82) is 0 Å². The first kappa shape index (κ1) is 17.6. The first-order valence-corrected chi connectivity index (χ1v) is 7.40. The molecule has 0 aliphatic heterocycles. The smallest absolute Gasteiger partial charge is 0.323 e. The average Bonchev–Trinajstić information content (AvgIpc) is 2.39. The Balaban J connectivity index is 4.56. The van der Waals surface area contributed by atoms with E-state index in [-0.39, 0.29) is 17.8 Å². The summed E-state index contributed by atoms with van der Waals surface area (Å²) < 4.78 is -0.0132. The van der Waals surface area contributed by atoms with E-state index in [1.54, 1.807) is 11.8 Å². The van der Waals surface area contributed by atoms with Crippen molar-refractivity contribution in [3.63, 3.8) is 0 Å². The van der Waals surface area contributed by atoms with Gasteiger partial charge in [0.25, 0.3) is 0 Å². The molecule has 0 spiro atoms. The molecule has 108 valence electrons. The van der Waals surface area contributed by atoms with E-state index >= 15 is 0 Å². The van der Waals surface area contributed by atoms with Crippen LogP contribution < -0.4 is 5.32 Å². The summed E-state index contributed by atoms with van der Waals surface area (Å²) in [6.07, 6.45) is 9.00. The van der Waals surface area contributed by atoms with E-state index in [4.69, 9.17) is 11.5 Å². The fourth-order valence-corrected chi connectivity index (χ4v) is 2.48. The van der Waals surface area contributed by atoms with Gasteiger partial charge in [0.05, 0.1) is 6.54 Å². The van der Waals surface area contributed by atoms with Gasteiger partial charge in [-0.2, -0.15) is 11.8 Å². The third-order valence-corrected chi connectivity index (χ3v) is 4.77. The van der Waals surface area contributed by atoms with Gasteiger partial charge in [0, 0.05) is 11.3 Å². The number of carbonyl (C=O) groups excluding carboxylic acids is 1. The van der Waals surface area contributed by atoms with Gasteiger partial charge in [0.1, 0.15) is 6.54 Å². The Hall–Kier alpha value is -1.35. The SMILES string of the molecule is C#CCN(CC(=O)O)C(=O)NCC(CC)(CC)SC. The monoisotopic (exact) mass is 286 g/mol. The molecule has 2 amide bonds. The maximum atomic E-state index is 11.9. The summed E-state index contributed by atoms with van der Waals surface area (Å²) in [5.41, 5.74) is 0. The van der Waals surface area contributed by atoms with Crippen molar-refractivity contribution in [3.05, 3.63) is 0 Å². The van der Waals surface area contributed by atoms with Crippen LogP contribution in [0.25, 0.3) is 0 Å². The minimum absolute atomic E-state index is 0.0113. The molecule has 0 aliphatic carbocycles. The highest BCUT2D eigenvalue weighted by Crippen LogP contribution is 2.29. The van der Waals surface area contributed by atoms with Crippen LogP contribution >= 0.6 is 11.8 Å². The molecule has 2 N–H and O–H groups in total. The molecule has 0 saturated carbocycles. The number of nitrogens with zero attached hydrogens (tertiary/aromatic N) is 1. The van der Waals surface area contributed by atoms with Crippen molar-refractivity contribution >= 4 is 23.8 Å². The van der Waals surface area contributed by atoms with Gasteiger partial charge in [-0.05, 0) is 19.1 Å². The molecule has 0 aromatic heterocycles. The van der Waals surface area contributed by atoms with Crippen LogP contribution in [0.15, 0.2) is 0 Å². The Bertz CT molecular complexity index is 340. The number of rotatable bonds is 8. The number of urea groups is 1. The van der Waals surface area contributed by atoms with Gasteiger partial charge in [-0.15, -0.1) is 6.42 Å². The number of amides is 2. The zero-order chi connectivity index (χ0) is 14.9. The van der Waals surface area contributed by atoms with Crippen molar-refractivity contribution in [1.82, 2.24) is 10.2 Å². The largest absolute Gasteiger partial charge is 0.480 e. The standard InChI is InChI=1S/C13H22N2O3S/c1-5-8-15(9-11(16)17)12(18)14-10-13(6-2,7-3)19-4/h1H,6-10H2,2-4H3,(H,14,18)(H,16,17). The van der Waals surface area contributed by atoms with Crippen molar-refractivity contribution in [2.45, 2.75) is 31.4 Å². The summed E-state index contributed by atoms with van der Waals surface area (Å²) in [6.45, 7) is 4.25. The van der Waals surface area contributed by atoms with Crippen molar-refractivity contribution < 1.29 is 14.7 Å². The highest BCUT2D eigenvalue weighted by Gasteiger charge is 2.26. The first-order valence-electron chi connectivity index (χ1n) is 6.17. The Morgan fingerprint density at radius 1 is 1.42 bits per heavy atom. The van der Waals surface area contributed by atoms with Gasteiger partial charge < -0.3 is 15.3 Å². The number of nitrogens with one attached hydrogen (secondary N) is 1. The molecule has 0 unspecified atom stereocenters. The summed E-state index contributed by atoms with van der Waals surface area (Å²) >= 11 is 1.71. The summed E-state index contributed by atoms with van der Waals surface area (Å²) in [5.74, 6) is 1.21. The fourth-order valence-electron chi connectivity index (χ4n) is 1.68. The number of carbonyl (C=O) groups is 2. The molecule has 0 aromatic rings. The minimum Gasteiger partial charge on any atom is -0.480 e. The van der Waals surface area contributed by atoms with Crippen molar-refractivity contribution in [2.24, 2.45) is 0 Å². The van der Waals surface area contributed by atoms with E-state index in [2.05, 4.69) is 25.1 Å². The third kappa shape index (κ3) is 5.88. The predicted molar refractivity (Wildman–Crippen MR) is 78.3 cm³/mol. The van der Waals surface area contributed by atoms with Crippen molar-refractivity contribution in [2.75, 3.05) is 25.9 Å². The zero-order valence-electron chi connectivity index (χ0n) is 11.7. The van der Waals surface area contributed by atoms with Crippen LogP contribution in [0.1, 0.15) is 26.7 Å². The molecule has 5 nitrogen and oxygen atoms in total. The zero-order valence-corrected chi connectivity index (χ0v) is 12.5. The predicted octanol–water partition coefficient (Wildman–Crippen LogP) is 1.64. The Morgan fingerprint density at radius 3 is 2.37 bits per heavy atom. The summed E-state index contributed by atoms with van der Waals surface area (Å²) in [6, 6.07) is -0.430. The van der Waals surface area contributed by atoms with E-state index in [1.807, 2.05) is 6.26 Å². The molecule has 0 atom stereocenters. The molecule has 0 bridgehead atoms. The summed E-state index contributed by atoms with van der Waals surface area (Å²) in [4.78, 5) is 23.7. The van der Waals surface area contributed by atoms with Gasteiger partial charge in [0.15, 0.2) is 0 Å². The maximum Gasteiger partial charge on any atom is 0.323 e. The molecule has 6 heteroatoms. The van der Waals surface area contributed by atoms with Gasteiger partial charge in [-0.3, -0.25) is 4.79 Å². The number of carboxylic acids is 1. The number of terminal acetylenes is 1. The fraction of sp³-hybridized carbons (Fsp3) is 0.692. The topological polar surface area (TPSA) is 69.6 Å². The molecule has 0 fully saturated rings. The van der Waals surface area contributed by atoms with E-state index in [9.17, 15) is 9.59 Å². The Kier molecular flexibility index (Phi) is 8.08. The highest BCUT2D eigenvalue weighted by molar-refractivity contribution is 8.00. The molecular weight excluding hydrogens is 264 g/mol. The van der Waals surface area contributed by atoms with Gasteiger partial charge in [0.2, 0.25) is 0 Å². The molecule has 0 rings (SSSR count). The lowest BCUT2D eigenvalue weighted by Crippen LogP contribution is -2.47. The van der Waals surface area contributed by atoms with Crippen LogP contribution in [0.4, 0.5) is 4.79 Å². The Morgan fingerprint density at radius 2 is 2.00 bits per heavy atom. The molecule has 0 heterocycles. The van der Waals surface area contributed by atoms with Crippen LogP contribution in [-0.4, -0.2) is 52.6 Å². The number of aliphatic carboxylic acids is 1. The normalized spacial score (nSPS) is 10.6. The first-order chi connectivity index (χ1) is 8.94. The van der Waals surface area contributed by atoms with Crippen LogP contribution in [0.3, 0.4) is 0 Å². The van der Waals surface area contributed by atoms with E-state index < -0.39 is 12.0 Å². The Labute approximate surface area is 119 Å². The van der Waals surface area contributed by atoms with E-state index in [1.165, 1.54) is 0 Å². The van der Waals surface area contributed by atoms with Gasteiger partial charge in [-0.25, -0.2) is 4.79 Å². The number of hydrogen-bond acceptors (Lipinski definition) is 3. The molecular formula is C13H22N2O3S. The van der Waals surface area contributed by atoms with Crippen LogP contribution in [0, 0.1) is 12.3 Å². The highest BCUT2D eigenvalue weighted by atomic mass is 32.2. The van der Waals surface area contributed by atoms with Gasteiger partial charge in [-0.1, -0.05) is 19.8 Å². The summed E-state index contributed by atoms with van der Waals surface area (Å²) in [7, 11) is 0. The van der Waals surface area contributed by atoms with Gasteiger partial charge >= 0.3 is 12.0 Å². The number of hydrogen-bond donors (Lipinski definition) is 2. The second-order valence-corrected chi connectivity index (χ2v) is 5.48. The lowest BCUT2D eigenvalue weighted by molar-refractivity contribution is -0.137. The maximum absolute atomic E-state index is 11.9. The van der Waals surface area contributed by atoms with Crippen LogP contribution in [-0.2, 0) is 4.79 Å². The lowest BCUT2D eigenvalue weighted by Gasteiger charge is -2.31. The van der Waals surface area contributed by atoms with E-state index in [0.717, 1.165) is 17.7 Å². The minimum atomic E-state index is -1.08. The molecule has 0 saturated heterocycles. The van der Waals surface area contributed by atoms with Crippen LogP contribution in [0.2, 0.25) is 0 Å². The van der Waals surface area contributed by atoms with Crippen molar-refractivity contribution in [3.8, 4) is 12.3 Å². The molecule has 0 aromatic carbocycles. The number of carboxylic acid groups (broad SMARTS) is 1. The summed E-state index contributed by atoms with van der Waals surface area (Å²) in [5, 5.41) is 11.5. The average molecular weight is 286 g/mol. The lowest BCUT2D eigenvalue weighted by atomic mass is 10.0. The second-order valence-electron chi connectivity index (χ2n) is 4.21. The quantitative estimate of drug-likeness (QED) is 0.666. The van der Waals surface area contributed by atoms with Crippen LogP contribution in [0.5, 0.6) is 0 Å². The molecule has 0 aliphatic rings. The third-order valence-electron chi connectivity index (χ3n) is 3.18. The van der Waals surface area contributed by atoms with E-state index in [0.29, 0.717) is 6.54 Å². The molecule has 0 radical (unpaired) electrons. The number of thioether (sulfide) groups is 1.